The lowest BCUT2D eigenvalue weighted by Crippen LogP contribution is -2.48. The van der Waals surface area contributed by atoms with Crippen molar-refractivity contribution >= 4 is 46.4 Å². The van der Waals surface area contributed by atoms with Crippen molar-refractivity contribution in [3.8, 4) is 5.75 Å². The molecule has 1 aromatic heterocycles. The Labute approximate surface area is 201 Å². The molecule has 0 saturated carbocycles. The average molecular weight is 488 g/mol. The van der Waals surface area contributed by atoms with Gasteiger partial charge in [0.2, 0.25) is 0 Å². The topological polar surface area (TPSA) is 75.0 Å². The highest BCUT2D eigenvalue weighted by atomic mass is 35.5. The van der Waals surface area contributed by atoms with Gasteiger partial charge < -0.3 is 24.3 Å². The summed E-state index contributed by atoms with van der Waals surface area (Å²) >= 11 is 12.7. The molecule has 3 aromatic rings. The first-order valence-corrected chi connectivity index (χ1v) is 11.3. The lowest BCUT2D eigenvalue weighted by molar-refractivity contribution is 0.0714. The molecule has 2 amide bonds. The number of ether oxygens (including phenoxy) is 1. The molecule has 1 saturated heterocycles. The molecule has 0 aliphatic carbocycles. The maximum absolute atomic E-state index is 12.6. The molecule has 1 aliphatic rings. The van der Waals surface area contributed by atoms with E-state index in [1.807, 2.05) is 13.0 Å². The number of rotatable bonds is 6. The maximum Gasteiger partial charge on any atom is 0.289 e. The normalized spacial score (nSPS) is 13.7. The zero-order valence-corrected chi connectivity index (χ0v) is 19.5. The lowest BCUT2D eigenvalue weighted by atomic mass is 10.2. The number of piperazine rings is 1. The molecule has 1 fully saturated rings. The van der Waals surface area contributed by atoms with Crippen molar-refractivity contribution < 1.29 is 18.7 Å². The SMILES string of the molecule is CCOc1ccc(C(=O)Nc2ccc(N3CCN(C(=O)c4ccco4)CC3)c(Cl)c2)cc1Cl. The molecule has 4 rings (SSSR count). The Hall–Kier alpha value is -3.16. The molecule has 1 N–H and O–H groups in total. The zero-order chi connectivity index (χ0) is 23.4. The van der Waals surface area contributed by atoms with Crippen LogP contribution in [0.15, 0.2) is 59.2 Å². The molecule has 2 heterocycles. The van der Waals surface area contributed by atoms with E-state index in [0.29, 0.717) is 65.6 Å². The van der Waals surface area contributed by atoms with Crippen LogP contribution in [0.2, 0.25) is 10.0 Å². The molecule has 9 heteroatoms. The van der Waals surface area contributed by atoms with Crippen LogP contribution in [0, 0.1) is 0 Å². The molecule has 0 atom stereocenters. The van der Waals surface area contributed by atoms with Crippen molar-refractivity contribution in [1.82, 2.24) is 4.90 Å². The summed E-state index contributed by atoms with van der Waals surface area (Å²) in [5, 5.41) is 3.74. The highest BCUT2D eigenvalue weighted by molar-refractivity contribution is 6.34. The van der Waals surface area contributed by atoms with E-state index in [0.717, 1.165) is 5.69 Å². The molecule has 0 unspecified atom stereocenters. The minimum Gasteiger partial charge on any atom is -0.492 e. The molecular formula is C24H23Cl2N3O4. The molecule has 0 spiro atoms. The van der Waals surface area contributed by atoms with Crippen molar-refractivity contribution in [3.63, 3.8) is 0 Å². The number of nitrogens with zero attached hydrogens (tertiary/aromatic N) is 2. The number of amides is 2. The fourth-order valence-electron chi connectivity index (χ4n) is 3.67. The summed E-state index contributed by atoms with van der Waals surface area (Å²) in [6.07, 6.45) is 1.49. The van der Waals surface area contributed by atoms with Crippen LogP contribution in [0.3, 0.4) is 0 Å². The number of furan rings is 1. The van der Waals surface area contributed by atoms with Crippen molar-refractivity contribution in [2.24, 2.45) is 0 Å². The summed E-state index contributed by atoms with van der Waals surface area (Å²) in [4.78, 5) is 28.9. The van der Waals surface area contributed by atoms with Gasteiger partial charge in [0.25, 0.3) is 11.8 Å². The van der Waals surface area contributed by atoms with Gasteiger partial charge in [-0.2, -0.15) is 0 Å². The highest BCUT2D eigenvalue weighted by Gasteiger charge is 2.24. The Morgan fingerprint density at radius 3 is 2.45 bits per heavy atom. The van der Waals surface area contributed by atoms with Gasteiger partial charge in [0, 0.05) is 37.4 Å². The molecule has 172 valence electrons. The van der Waals surface area contributed by atoms with E-state index in [1.54, 1.807) is 47.4 Å². The minimum absolute atomic E-state index is 0.113. The summed E-state index contributed by atoms with van der Waals surface area (Å²) in [6.45, 7) is 4.76. The summed E-state index contributed by atoms with van der Waals surface area (Å²) in [5.74, 6) is 0.469. The van der Waals surface area contributed by atoms with Gasteiger partial charge in [-0.25, -0.2) is 0 Å². The first-order chi connectivity index (χ1) is 16.0. The second-order valence-corrected chi connectivity index (χ2v) is 8.27. The number of hydrogen-bond acceptors (Lipinski definition) is 5. The number of anilines is 2. The van der Waals surface area contributed by atoms with E-state index < -0.39 is 0 Å². The van der Waals surface area contributed by atoms with E-state index in [4.69, 9.17) is 32.4 Å². The van der Waals surface area contributed by atoms with Crippen LogP contribution >= 0.6 is 23.2 Å². The van der Waals surface area contributed by atoms with E-state index in [2.05, 4.69) is 10.2 Å². The van der Waals surface area contributed by atoms with Gasteiger partial charge in [0.05, 0.1) is 28.6 Å². The van der Waals surface area contributed by atoms with Crippen LogP contribution in [0.1, 0.15) is 27.8 Å². The molecule has 33 heavy (non-hydrogen) atoms. The van der Waals surface area contributed by atoms with Gasteiger partial charge in [-0.15, -0.1) is 0 Å². The fraction of sp³-hybridized carbons (Fsp3) is 0.250. The fourth-order valence-corrected chi connectivity index (χ4v) is 4.20. The van der Waals surface area contributed by atoms with Gasteiger partial charge in [-0.3, -0.25) is 9.59 Å². The monoisotopic (exact) mass is 487 g/mol. The highest BCUT2D eigenvalue weighted by Crippen LogP contribution is 2.31. The largest absolute Gasteiger partial charge is 0.492 e. The molecular weight excluding hydrogens is 465 g/mol. The average Bonchev–Trinajstić information content (AvgIpc) is 3.35. The molecule has 7 nitrogen and oxygen atoms in total. The standard InChI is InChI=1S/C24H23Cl2N3O4/c1-2-32-21-8-5-16(14-19(21)26)23(30)27-17-6-7-20(18(25)15-17)28-9-11-29(12-10-28)24(31)22-4-3-13-33-22/h3-8,13-15H,2,9-12H2,1H3,(H,27,30). The van der Waals surface area contributed by atoms with Crippen molar-refractivity contribution in [3.05, 3.63) is 76.2 Å². The number of benzene rings is 2. The zero-order valence-electron chi connectivity index (χ0n) is 18.0. The Kier molecular flexibility index (Phi) is 7.11. The third kappa shape index (κ3) is 5.26. The van der Waals surface area contributed by atoms with Crippen LogP contribution in [0.25, 0.3) is 0 Å². The molecule has 1 aliphatic heterocycles. The number of hydrogen-bond donors (Lipinski definition) is 1. The Morgan fingerprint density at radius 2 is 1.82 bits per heavy atom. The van der Waals surface area contributed by atoms with Gasteiger partial charge >= 0.3 is 0 Å². The van der Waals surface area contributed by atoms with E-state index >= 15 is 0 Å². The molecule has 0 radical (unpaired) electrons. The van der Waals surface area contributed by atoms with Gasteiger partial charge in [-0.05, 0) is 55.5 Å². The predicted octanol–water partition coefficient (Wildman–Crippen LogP) is 5.20. The van der Waals surface area contributed by atoms with Crippen molar-refractivity contribution in [1.29, 1.82) is 0 Å². The van der Waals surface area contributed by atoms with Gasteiger partial charge in [0.15, 0.2) is 5.76 Å². The molecule has 2 aromatic carbocycles. The van der Waals surface area contributed by atoms with Crippen LogP contribution in [0.5, 0.6) is 5.75 Å². The summed E-state index contributed by atoms with van der Waals surface area (Å²) in [6, 6.07) is 13.7. The lowest BCUT2D eigenvalue weighted by Gasteiger charge is -2.36. The second kappa shape index (κ2) is 10.2. The number of nitrogens with one attached hydrogen (secondary N) is 1. The van der Waals surface area contributed by atoms with Crippen LogP contribution in [-0.2, 0) is 0 Å². The van der Waals surface area contributed by atoms with Gasteiger partial charge in [0.1, 0.15) is 5.75 Å². The first kappa shape index (κ1) is 23.0. The summed E-state index contributed by atoms with van der Waals surface area (Å²) < 4.78 is 10.6. The number of carbonyl (C=O) groups is 2. The smallest absolute Gasteiger partial charge is 0.289 e. The van der Waals surface area contributed by atoms with Crippen LogP contribution in [-0.4, -0.2) is 49.5 Å². The Balaban J connectivity index is 1.38. The molecule has 0 bridgehead atoms. The van der Waals surface area contributed by atoms with E-state index in [9.17, 15) is 9.59 Å². The first-order valence-electron chi connectivity index (χ1n) is 10.6. The summed E-state index contributed by atoms with van der Waals surface area (Å²) in [5.41, 5.74) is 1.84. The van der Waals surface area contributed by atoms with E-state index in [1.165, 1.54) is 6.26 Å². The Morgan fingerprint density at radius 1 is 1.03 bits per heavy atom. The third-order valence-electron chi connectivity index (χ3n) is 5.34. The van der Waals surface area contributed by atoms with Crippen LogP contribution < -0.4 is 15.0 Å². The quantitative estimate of drug-likeness (QED) is 0.517. The maximum atomic E-state index is 12.6. The number of carbonyl (C=O) groups excluding carboxylic acids is 2. The van der Waals surface area contributed by atoms with Crippen molar-refractivity contribution in [2.75, 3.05) is 43.0 Å². The minimum atomic E-state index is -0.297. The van der Waals surface area contributed by atoms with E-state index in [-0.39, 0.29) is 11.8 Å². The number of halogens is 2. The van der Waals surface area contributed by atoms with Gasteiger partial charge in [-0.1, -0.05) is 23.2 Å². The predicted molar refractivity (Wildman–Crippen MR) is 129 cm³/mol. The van der Waals surface area contributed by atoms with Crippen LogP contribution in [0.4, 0.5) is 11.4 Å². The van der Waals surface area contributed by atoms with Crippen molar-refractivity contribution in [2.45, 2.75) is 6.92 Å². The third-order valence-corrected chi connectivity index (χ3v) is 5.94. The Bertz CT molecular complexity index is 1140. The second-order valence-electron chi connectivity index (χ2n) is 7.46. The summed E-state index contributed by atoms with van der Waals surface area (Å²) in [7, 11) is 0.